The number of anilines is 1. The fourth-order valence-corrected chi connectivity index (χ4v) is 3.85. The number of nitrogens with two attached hydrogens (primary N) is 1. The molecule has 11 heteroatoms. The average Bonchev–Trinajstić information content (AvgIpc) is 3.51. The molecular weight excluding hydrogens is 486 g/mol. The summed E-state index contributed by atoms with van der Waals surface area (Å²) < 4.78 is 17.8. The summed E-state index contributed by atoms with van der Waals surface area (Å²) in [7, 11) is 1.57. The molecular formula is C27H25N7O4. The van der Waals surface area contributed by atoms with Crippen molar-refractivity contribution in [2.45, 2.75) is 20.1 Å². The first-order valence-corrected chi connectivity index (χ1v) is 11.7. The number of fused-ring (bicyclic) bond motifs is 1. The Morgan fingerprint density at radius 2 is 1.92 bits per heavy atom. The van der Waals surface area contributed by atoms with Gasteiger partial charge >= 0.3 is 0 Å². The number of imidazole rings is 1. The second-order valence-electron chi connectivity index (χ2n) is 8.49. The molecule has 3 aromatic carbocycles. The summed E-state index contributed by atoms with van der Waals surface area (Å²) in [5.41, 5.74) is 13.0. The van der Waals surface area contributed by atoms with Gasteiger partial charge in [-0.15, -0.1) is 0 Å². The number of carbonyl (C=O) groups excluding carboxylic acids is 1. The summed E-state index contributed by atoms with van der Waals surface area (Å²) in [4.78, 5) is 17.3. The fraction of sp³-hybridized carbons (Fsp3) is 0.148. The maximum atomic E-state index is 12.8. The number of aromatic nitrogens is 4. The molecule has 0 atom stereocenters. The van der Waals surface area contributed by atoms with Crippen molar-refractivity contribution in [1.29, 1.82) is 0 Å². The van der Waals surface area contributed by atoms with E-state index in [1.54, 1.807) is 23.8 Å². The van der Waals surface area contributed by atoms with Crippen LogP contribution in [0.2, 0.25) is 0 Å². The van der Waals surface area contributed by atoms with Crippen molar-refractivity contribution in [3.05, 3.63) is 83.4 Å². The topological polar surface area (TPSA) is 143 Å². The smallest absolute Gasteiger partial charge is 0.260 e. The van der Waals surface area contributed by atoms with Crippen LogP contribution in [0.4, 0.5) is 5.82 Å². The number of methoxy groups -OCH3 is 1. The molecule has 1 amide bonds. The number of hydrogen-bond donors (Lipinski definition) is 2. The van der Waals surface area contributed by atoms with Crippen molar-refractivity contribution in [3.63, 3.8) is 0 Å². The Balaban J connectivity index is 1.26. The Morgan fingerprint density at radius 1 is 1.11 bits per heavy atom. The molecule has 0 spiro atoms. The van der Waals surface area contributed by atoms with Crippen LogP contribution in [-0.4, -0.2) is 39.1 Å². The van der Waals surface area contributed by atoms with Crippen molar-refractivity contribution in [2.75, 3.05) is 12.8 Å². The highest BCUT2D eigenvalue weighted by molar-refractivity contribution is 5.86. The van der Waals surface area contributed by atoms with Gasteiger partial charge in [-0.1, -0.05) is 42.0 Å². The van der Waals surface area contributed by atoms with Crippen LogP contribution >= 0.6 is 0 Å². The molecule has 0 aliphatic rings. The lowest BCUT2D eigenvalue weighted by molar-refractivity contribution is -0.121. The summed E-state index contributed by atoms with van der Waals surface area (Å²) in [5.74, 6) is 1.25. The molecule has 5 aromatic rings. The van der Waals surface area contributed by atoms with Gasteiger partial charge in [0.1, 0.15) is 13.2 Å². The predicted molar refractivity (Wildman–Crippen MR) is 142 cm³/mol. The highest BCUT2D eigenvalue weighted by atomic mass is 16.6. The number of para-hydroxylation sites is 2. The highest BCUT2D eigenvalue weighted by Gasteiger charge is 2.20. The molecule has 3 N–H and O–H groups in total. The van der Waals surface area contributed by atoms with E-state index in [-0.39, 0.29) is 24.0 Å². The van der Waals surface area contributed by atoms with Crippen molar-refractivity contribution < 1.29 is 18.9 Å². The largest absolute Gasteiger partial charge is 0.493 e. The van der Waals surface area contributed by atoms with E-state index >= 15 is 0 Å². The molecule has 0 radical (unpaired) electrons. The van der Waals surface area contributed by atoms with E-state index in [1.807, 2.05) is 61.5 Å². The lowest BCUT2D eigenvalue weighted by atomic mass is 10.2. The maximum Gasteiger partial charge on any atom is 0.260 e. The Morgan fingerprint density at radius 3 is 2.68 bits per heavy atom. The number of nitrogens with zero attached hydrogens (tertiary/aromatic N) is 5. The van der Waals surface area contributed by atoms with Gasteiger partial charge < -0.3 is 19.8 Å². The van der Waals surface area contributed by atoms with E-state index in [4.69, 9.17) is 19.8 Å². The van der Waals surface area contributed by atoms with Crippen LogP contribution in [0.25, 0.3) is 22.6 Å². The van der Waals surface area contributed by atoms with Gasteiger partial charge in [0.25, 0.3) is 5.91 Å². The van der Waals surface area contributed by atoms with Crippen LogP contribution in [0, 0.1) is 6.92 Å². The molecule has 38 heavy (non-hydrogen) atoms. The number of rotatable bonds is 9. The van der Waals surface area contributed by atoms with Crippen LogP contribution < -0.4 is 20.6 Å². The van der Waals surface area contributed by atoms with E-state index in [0.29, 0.717) is 29.4 Å². The van der Waals surface area contributed by atoms with Gasteiger partial charge in [0.2, 0.25) is 0 Å². The number of hydrazone groups is 1. The number of amides is 1. The summed E-state index contributed by atoms with van der Waals surface area (Å²) in [6.45, 7) is 2.38. The van der Waals surface area contributed by atoms with Crippen molar-refractivity contribution in [3.8, 4) is 23.0 Å². The number of aryl methyl sites for hydroxylation is 1. The van der Waals surface area contributed by atoms with Gasteiger partial charge in [-0.05, 0) is 58.7 Å². The predicted octanol–water partition coefficient (Wildman–Crippen LogP) is 3.71. The second kappa shape index (κ2) is 10.8. The van der Waals surface area contributed by atoms with Crippen LogP contribution in [0.1, 0.15) is 16.7 Å². The van der Waals surface area contributed by atoms with E-state index in [9.17, 15) is 4.79 Å². The SMILES string of the molecule is COc1cc(/C=N/NC(=O)Cn2c(-c3nonc3N)nc3ccccc32)ccc1OCc1ccc(C)cc1. The van der Waals surface area contributed by atoms with E-state index in [0.717, 1.165) is 16.6 Å². The minimum atomic E-state index is -0.370. The van der Waals surface area contributed by atoms with Gasteiger partial charge in [0.05, 0.1) is 24.4 Å². The number of carbonyl (C=O) groups is 1. The van der Waals surface area contributed by atoms with Crippen molar-refractivity contribution in [2.24, 2.45) is 5.10 Å². The van der Waals surface area contributed by atoms with Gasteiger partial charge in [-0.3, -0.25) is 4.79 Å². The van der Waals surface area contributed by atoms with Gasteiger partial charge in [0, 0.05) is 0 Å². The summed E-state index contributed by atoms with van der Waals surface area (Å²) in [5, 5.41) is 11.5. The molecule has 11 nitrogen and oxygen atoms in total. The Kier molecular flexibility index (Phi) is 6.98. The zero-order chi connectivity index (χ0) is 26.5. The first-order chi connectivity index (χ1) is 18.5. The summed E-state index contributed by atoms with van der Waals surface area (Å²) >= 11 is 0. The minimum Gasteiger partial charge on any atom is -0.493 e. The van der Waals surface area contributed by atoms with E-state index in [2.05, 4.69) is 25.8 Å². The number of nitrogen functional groups attached to an aromatic ring is 1. The van der Waals surface area contributed by atoms with Crippen molar-refractivity contribution >= 4 is 29.0 Å². The fourth-order valence-electron chi connectivity index (χ4n) is 3.85. The van der Waals surface area contributed by atoms with E-state index in [1.165, 1.54) is 11.8 Å². The number of nitrogens with one attached hydrogen (secondary N) is 1. The molecule has 192 valence electrons. The molecule has 0 unspecified atom stereocenters. The molecule has 2 heterocycles. The van der Waals surface area contributed by atoms with Gasteiger partial charge in [-0.25, -0.2) is 15.0 Å². The lowest BCUT2D eigenvalue weighted by Crippen LogP contribution is -2.23. The molecule has 0 aliphatic carbocycles. The van der Waals surface area contributed by atoms with Crippen molar-refractivity contribution in [1.82, 2.24) is 25.3 Å². The number of benzene rings is 3. The van der Waals surface area contributed by atoms with Gasteiger partial charge in [-0.2, -0.15) is 5.10 Å². The Labute approximate surface area is 217 Å². The highest BCUT2D eigenvalue weighted by Crippen LogP contribution is 2.29. The maximum absolute atomic E-state index is 12.8. The zero-order valence-electron chi connectivity index (χ0n) is 20.8. The molecule has 0 fully saturated rings. The number of hydrogen-bond acceptors (Lipinski definition) is 9. The average molecular weight is 512 g/mol. The molecule has 0 bridgehead atoms. The molecule has 5 rings (SSSR count). The van der Waals surface area contributed by atoms with E-state index < -0.39 is 0 Å². The lowest BCUT2D eigenvalue weighted by Gasteiger charge is -2.11. The Hall–Kier alpha value is -5.19. The summed E-state index contributed by atoms with van der Waals surface area (Å²) in [6.07, 6.45) is 1.52. The third-order valence-corrected chi connectivity index (χ3v) is 5.79. The second-order valence-corrected chi connectivity index (χ2v) is 8.49. The molecule has 0 saturated heterocycles. The molecule has 2 aromatic heterocycles. The van der Waals surface area contributed by atoms with Crippen LogP contribution in [0.3, 0.4) is 0 Å². The molecule has 0 saturated carbocycles. The minimum absolute atomic E-state index is 0.0748. The van der Waals surface area contributed by atoms with Crippen LogP contribution in [0.15, 0.2) is 76.5 Å². The van der Waals surface area contributed by atoms with Gasteiger partial charge in [0.15, 0.2) is 28.8 Å². The first-order valence-electron chi connectivity index (χ1n) is 11.7. The zero-order valence-corrected chi connectivity index (χ0v) is 20.8. The first kappa shape index (κ1) is 24.5. The summed E-state index contributed by atoms with van der Waals surface area (Å²) in [6, 6.07) is 20.9. The standard InChI is InChI=1S/C27H25N7O4/c1-17-7-9-18(10-8-17)16-37-22-12-11-19(13-23(22)36-2)14-29-31-24(35)15-34-21-6-4-3-5-20(21)30-27(34)25-26(28)33-38-32-25/h3-14H,15-16H2,1-2H3,(H2,28,33)(H,31,35)/b29-14+. The third kappa shape index (κ3) is 5.31. The molecule has 0 aliphatic heterocycles. The quantitative estimate of drug-likeness (QED) is 0.225. The normalized spacial score (nSPS) is 11.2. The van der Waals surface area contributed by atoms with Crippen LogP contribution in [-0.2, 0) is 17.9 Å². The Bertz CT molecular complexity index is 1610. The van der Waals surface area contributed by atoms with Crippen LogP contribution in [0.5, 0.6) is 11.5 Å². The number of ether oxygens (including phenoxy) is 2. The third-order valence-electron chi connectivity index (χ3n) is 5.79. The monoisotopic (exact) mass is 511 g/mol.